The summed E-state index contributed by atoms with van der Waals surface area (Å²) in [4.78, 5) is 3.82. The highest BCUT2D eigenvalue weighted by molar-refractivity contribution is 9.11. The van der Waals surface area contributed by atoms with Gasteiger partial charge in [0.25, 0.3) is 0 Å². The third-order valence-electron chi connectivity index (χ3n) is 2.88. The van der Waals surface area contributed by atoms with Crippen molar-refractivity contribution in [3.63, 3.8) is 0 Å². The molecule has 0 radical (unpaired) electrons. The lowest BCUT2D eigenvalue weighted by Crippen LogP contribution is -2.30. The molecule has 1 aliphatic heterocycles. The highest BCUT2D eigenvalue weighted by atomic mass is 79.9. The van der Waals surface area contributed by atoms with Gasteiger partial charge in [-0.25, -0.2) is 0 Å². The minimum absolute atomic E-state index is 0.724. The second kappa shape index (κ2) is 6.15. The summed E-state index contributed by atoms with van der Waals surface area (Å²) < 4.78 is 6.73. The molecule has 0 spiro atoms. The molecule has 0 amide bonds. The summed E-state index contributed by atoms with van der Waals surface area (Å²) in [5.41, 5.74) is 0. The lowest BCUT2D eigenvalue weighted by Gasteiger charge is -2.26. The van der Waals surface area contributed by atoms with Gasteiger partial charge in [0.05, 0.1) is 10.4 Å². The first kappa shape index (κ1) is 12.6. The molecule has 0 aromatic carbocycles. The fraction of sp³-hybridized carbons (Fsp3) is 0.667. The summed E-state index contributed by atoms with van der Waals surface area (Å²) in [6, 6.07) is 4.32. The molecule has 1 unspecified atom stereocenters. The Hall–Kier alpha value is 0.1000. The van der Waals surface area contributed by atoms with Gasteiger partial charge in [-0.3, -0.25) is 0 Å². The number of rotatable bonds is 4. The monoisotopic (exact) mass is 303 g/mol. The molecule has 90 valence electrons. The Morgan fingerprint density at radius 3 is 3.06 bits per heavy atom. The normalized spacial score (nSPS) is 21.6. The molecule has 2 rings (SSSR count). The second-order valence-corrected chi connectivity index (χ2v) is 7.03. The molecule has 1 aromatic heterocycles. The van der Waals surface area contributed by atoms with Crippen LogP contribution in [-0.2, 0) is 11.3 Å². The van der Waals surface area contributed by atoms with E-state index in [1.807, 2.05) is 11.3 Å². The van der Waals surface area contributed by atoms with Crippen molar-refractivity contribution >= 4 is 27.3 Å². The summed E-state index contributed by atoms with van der Waals surface area (Å²) in [6.45, 7) is 4.10. The van der Waals surface area contributed by atoms with Gasteiger partial charge in [0.15, 0.2) is 0 Å². The van der Waals surface area contributed by atoms with Gasteiger partial charge in [-0.1, -0.05) is 0 Å². The van der Waals surface area contributed by atoms with E-state index in [-0.39, 0.29) is 0 Å². The molecule has 1 atom stereocenters. The first-order valence-corrected chi connectivity index (χ1v) is 7.35. The van der Waals surface area contributed by atoms with Crippen LogP contribution in [0.25, 0.3) is 0 Å². The van der Waals surface area contributed by atoms with Crippen molar-refractivity contribution in [3.05, 3.63) is 20.8 Å². The van der Waals surface area contributed by atoms with Crippen molar-refractivity contribution in [2.75, 3.05) is 26.8 Å². The standard InChI is InChI=1S/C12H18BrNOS/c1-14(7-10-3-2-6-15-9-10)8-11-4-5-12(13)16-11/h4-5,10H,2-3,6-9H2,1H3. The van der Waals surface area contributed by atoms with Crippen LogP contribution in [0.1, 0.15) is 17.7 Å². The molecule has 2 nitrogen and oxygen atoms in total. The lowest BCUT2D eigenvalue weighted by molar-refractivity contribution is 0.0413. The molecule has 0 bridgehead atoms. The van der Waals surface area contributed by atoms with E-state index < -0.39 is 0 Å². The van der Waals surface area contributed by atoms with Gasteiger partial charge in [0, 0.05) is 24.6 Å². The number of hydrogen-bond acceptors (Lipinski definition) is 3. The van der Waals surface area contributed by atoms with E-state index in [4.69, 9.17) is 4.74 Å². The highest BCUT2D eigenvalue weighted by Crippen LogP contribution is 2.23. The van der Waals surface area contributed by atoms with E-state index in [9.17, 15) is 0 Å². The molecule has 0 aliphatic carbocycles. The maximum atomic E-state index is 5.51. The molecule has 2 heterocycles. The minimum atomic E-state index is 0.724. The first-order chi connectivity index (χ1) is 7.74. The molecule has 1 aliphatic rings. The van der Waals surface area contributed by atoms with Gasteiger partial charge >= 0.3 is 0 Å². The Morgan fingerprint density at radius 2 is 2.44 bits per heavy atom. The molecule has 1 aromatic rings. The molecule has 0 N–H and O–H groups in total. The Morgan fingerprint density at radius 1 is 1.56 bits per heavy atom. The van der Waals surface area contributed by atoms with Crippen LogP contribution in [0.3, 0.4) is 0 Å². The van der Waals surface area contributed by atoms with Crippen molar-refractivity contribution in [2.45, 2.75) is 19.4 Å². The van der Waals surface area contributed by atoms with Crippen LogP contribution in [0.2, 0.25) is 0 Å². The zero-order valence-corrected chi connectivity index (χ0v) is 12.0. The van der Waals surface area contributed by atoms with Gasteiger partial charge in [-0.15, -0.1) is 11.3 Å². The first-order valence-electron chi connectivity index (χ1n) is 5.74. The van der Waals surface area contributed by atoms with E-state index in [0.717, 1.165) is 32.2 Å². The summed E-state index contributed by atoms with van der Waals surface area (Å²) in [6.07, 6.45) is 2.54. The van der Waals surface area contributed by atoms with Gasteiger partial charge < -0.3 is 9.64 Å². The zero-order valence-electron chi connectivity index (χ0n) is 9.62. The van der Waals surface area contributed by atoms with Crippen molar-refractivity contribution in [3.8, 4) is 0 Å². The van der Waals surface area contributed by atoms with Crippen LogP contribution in [-0.4, -0.2) is 31.7 Å². The van der Waals surface area contributed by atoms with E-state index in [1.54, 1.807) is 0 Å². The van der Waals surface area contributed by atoms with Gasteiger partial charge in [0.2, 0.25) is 0 Å². The summed E-state index contributed by atoms with van der Waals surface area (Å²) >= 11 is 5.32. The third-order valence-corrected chi connectivity index (χ3v) is 4.49. The SMILES string of the molecule is CN(Cc1ccc(Br)s1)CC1CCCOC1. The summed E-state index contributed by atoms with van der Waals surface area (Å²) in [5, 5.41) is 0. The van der Waals surface area contributed by atoms with E-state index in [2.05, 4.69) is 40.0 Å². The van der Waals surface area contributed by atoms with Crippen LogP contribution in [0, 0.1) is 5.92 Å². The fourth-order valence-corrected chi connectivity index (χ4v) is 3.72. The number of hydrogen-bond donors (Lipinski definition) is 0. The lowest BCUT2D eigenvalue weighted by atomic mass is 10.0. The van der Waals surface area contributed by atoms with Gasteiger partial charge in [-0.2, -0.15) is 0 Å². The van der Waals surface area contributed by atoms with Crippen LogP contribution in [0.15, 0.2) is 15.9 Å². The summed E-state index contributed by atoms with van der Waals surface area (Å²) in [7, 11) is 2.20. The van der Waals surface area contributed by atoms with Crippen LogP contribution < -0.4 is 0 Å². The number of nitrogens with zero attached hydrogens (tertiary/aromatic N) is 1. The van der Waals surface area contributed by atoms with E-state index in [0.29, 0.717) is 0 Å². The Labute approximate surface area is 110 Å². The van der Waals surface area contributed by atoms with Crippen LogP contribution in [0.5, 0.6) is 0 Å². The molecular formula is C12H18BrNOS. The van der Waals surface area contributed by atoms with Crippen LogP contribution >= 0.6 is 27.3 Å². The molecule has 16 heavy (non-hydrogen) atoms. The molecular weight excluding hydrogens is 286 g/mol. The predicted octanol–water partition coefficient (Wildman–Crippen LogP) is 3.37. The third kappa shape index (κ3) is 3.84. The fourth-order valence-electron chi connectivity index (χ4n) is 2.16. The minimum Gasteiger partial charge on any atom is -0.381 e. The smallest absolute Gasteiger partial charge is 0.0701 e. The summed E-state index contributed by atoms with van der Waals surface area (Å²) in [5.74, 6) is 0.724. The molecule has 0 saturated carbocycles. The van der Waals surface area contributed by atoms with Crippen molar-refractivity contribution < 1.29 is 4.74 Å². The number of thiophene rings is 1. The Balaban J connectivity index is 1.77. The number of halogens is 1. The predicted molar refractivity (Wildman–Crippen MR) is 71.9 cm³/mol. The maximum Gasteiger partial charge on any atom is 0.0701 e. The van der Waals surface area contributed by atoms with Crippen molar-refractivity contribution in [1.82, 2.24) is 4.90 Å². The molecule has 1 fully saturated rings. The quantitative estimate of drug-likeness (QED) is 0.845. The largest absolute Gasteiger partial charge is 0.381 e. The highest BCUT2D eigenvalue weighted by Gasteiger charge is 2.16. The average Bonchev–Trinajstić information content (AvgIpc) is 2.65. The Kier molecular flexibility index (Phi) is 4.82. The topological polar surface area (TPSA) is 12.5 Å². The average molecular weight is 304 g/mol. The second-order valence-electron chi connectivity index (χ2n) is 4.49. The zero-order chi connectivity index (χ0) is 11.4. The van der Waals surface area contributed by atoms with Crippen LogP contribution in [0.4, 0.5) is 0 Å². The van der Waals surface area contributed by atoms with Gasteiger partial charge in [0.1, 0.15) is 0 Å². The number of ether oxygens (including phenoxy) is 1. The molecule has 4 heteroatoms. The van der Waals surface area contributed by atoms with E-state index in [1.165, 1.54) is 21.5 Å². The van der Waals surface area contributed by atoms with Crippen molar-refractivity contribution in [1.29, 1.82) is 0 Å². The maximum absolute atomic E-state index is 5.51. The van der Waals surface area contributed by atoms with Crippen molar-refractivity contribution in [2.24, 2.45) is 5.92 Å². The Bertz CT molecular complexity index is 323. The van der Waals surface area contributed by atoms with E-state index >= 15 is 0 Å². The van der Waals surface area contributed by atoms with Gasteiger partial charge in [-0.05, 0) is 53.9 Å². The molecule has 1 saturated heterocycles.